The highest BCUT2D eigenvalue weighted by molar-refractivity contribution is 5.85. The molecule has 0 aliphatic heterocycles. The number of rotatable bonds is 8. The van der Waals surface area contributed by atoms with Gasteiger partial charge in [0.1, 0.15) is 0 Å². The lowest BCUT2D eigenvalue weighted by molar-refractivity contribution is 0.164. The fourth-order valence-electron chi connectivity index (χ4n) is 4.15. The first-order chi connectivity index (χ1) is 14.1. The van der Waals surface area contributed by atoms with Gasteiger partial charge < -0.3 is 14.0 Å². The molecule has 0 spiro atoms. The zero-order valence-electron chi connectivity index (χ0n) is 18.2. The molecule has 0 unspecified atom stereocenters. The van der Waals surface area contributed by atoms with E-state index in [-0.39, 0.29) is 6.04 Å². The summed E-state index contributed by atoms with van der Waals surface area (Å²) in [6.07, 6.45) is 5.53. The smallest absolute Gasteiger partial charge is 0.213 e. The summed E-state index contributed by atoms with van der Waals surface area (Å²) in [6.45, 7) is 9.78. The summed E-state index contributed by atoms with van der Waals surface area (Å²) in [5.41, 5.74) is 8.10. The second-order valence-corrected chi connectivity index (χ2v) is 8.02. The minimum Gasteiger partial charge on any atom is -0.478 e. The average molecular weight is 394 g/mol. The van der Waals surface area contributed by atoms with Gasteiger partial charge in [0.25, 0.3) is 0 Å². The molecule has 1 saturated carbocycles. The summed E-state index contributed by atoms with van der Waals surface area (Å²) in [4.78, 5) is 9.97. The van der Waals surface area contributed by atoms with E-state index in [1.54, 1.807) is 7.11 Å². The van der Waals surface area contributed by atoms with Gasteiger partial charge in [-0.3, -0.25) is 0 Å². The maximum Gasteiger partial charge on any atom is 0.213 e. The molecule has 29 heavy (non-hydrogen) atoms. The SMILES string of the molecule is CCOc1ccc(-c2nc3c(C)cn([C@@H](C)COC)c3cc2C2CC2)c(CC)n1. The summed E-state index contributed by atoms with van der Waals surface area (Å²) < 4.78 is 13.3. The van der Waals surface area contributed by atoms with E-state index in [2.05, 4.69) is 43.7 Å². The lowest BCUT2D eigenvalue weighted by Crippen LogP contribution is -2.10. The maximum absolute atomic E-state index is 5.62. The third kappa shape index (κ3) is 3.76. The third-order valence-corrected chi connectivity index (χ3v) is 5.75. The molecule has 154 valence electrons. The number of aromatic nitrogens is 3. The predicted molar refractivity (Wildman–Crippen MR) is 117 cm³/mol. The number of fused-ring (bicyclic) bond motifs is 1. The van der Waals surface area contributed by atoms with Gasteiger partial charge in [-0.2, -0.15) is 0 Å². The van der Waals surface area contributed by atoms with Crippen molar-refractivity contribution in [1.29, 1.82) is 0 Å². The molecule has 0 radical (unpaired) electrons. The van der Waals surface area contributed by atoms with Crippen LogP contribution in [0.3, 0.4) is 0 Å². The van der Waals surface area contributed by atoms with E-state index in [1.807, 2.05) is 13.0 Å². The first kappa shape index (κ1) is 19.9. The normalized spacial score (nSPS) is 15.1. The van der Waals surface area contributed by atoms with Crippen LogP contribution in [-0.2, 0) is 11.2 Å². The first-order valence-electron chi connectivity index (χ1n) is 10.7. The molecule has 0 amide bonds. The van der Waals surface area contributed by atoms with Gasteiger partial charge in [0.2, 0.25) is 5.88 Å². The van der Waals surface area contributed by atoms with E-state index in [9.17, 15) is 0 Å². The van der Waals surface area contributed by atoms with Gasteiger partial charge >= 0.3 is 0 Å². The molecular weight excluding hydrogens is 362 g/mol. The third-order valence-electron chi connectivity index (χ3n) is 5.75. The topological polar surface area (TPSA) is 49.2 Å². The minimum atomic E-state index is 0.272. The number of hydrogen-bond donors (Lipinski definition) is 0. The lowest BCUT2D eigenvalue weighted by Gasteiger charge is -2.17. The van der Waals surface area contributed by atoms with Crippen LogP contribution < -0.4 is 4.74 Å². The molecule has 1 aliphatic carbocycles. The van der Waals surface area contributed by atoms with Crippen LogP contribution in [0.5, 0.6) is 5.88 Å². The molecule has 3 aromatic heterocycles. The van der Waals surface area contributed by atoms with Crippen LogP contribution in [0, 0.1) is 6.92 Å². The second-order valence-electron chi connectivity index (χ2n) is 8.02. The van der Waals surface area contributed by atoms with Crippen molar-refractivity contribution in [1.82, 2.24) is 14.5 Å². The van der Waals surface area contributed by atoms with Crippen LogP contribution in [0.1, 0.15) is 62.4 Å². The van der Waals surface area contributed by atoms with Crippen molar-refractivity contribution >= 4 is 11.0 Å². The Kier molecular flexibility index (Phi) is 5.59. The van der Waals surface area contributed by atoms with Crippen LogP contribution in [0.15, 0.2) is 24.4 Å². The Morgan fingerprint density at radius 3 is 2.66 bits per heavy atom. The van der Waals surface area contributed by atoms with Crippen LogP contribution in [0.2, 0.25) is 0 Å². The van der Waals surface area contributed by atoms with Crippen molar-refractivity contribution in [2.24, 2.45) is 0 Å². The number of pyridine rings is 2. The number of methoxy groups -OCH3 is 1. The standard InChI is InChI=1S/C24H31N3O2/c1-6-20-18(10-11-22(25-20)29-7-2)24-19(17-8-9-17)12-21-23(26-24)15(3)13-27(21)16(4)14-28-5/h10-13,16-17H,6-9,14H2,1-5H3/t16-/m0/s1. The van der Waals surface area contributed by atoms with E-state index in [0.29, 0.717) is 25.0 Å². The molecule has 1 atom stereocenters. The van der Waals surface area contributed by atoms with Crippen molar-refractivity contribution in [3.8, 4) is 17.1 Å². The van der Waals surface area contributed by atoms with Gasteiger partial charge in [-0.05, 0) is 69.2 Å². The molecule has 0 N–H and O–H groups in total. The summed E-state index contributed by atoms with van der Waals surface area (Å²) in [7, 11) is 1.76. The molecule has 4 rings (SSSR count). The monoisotopic (exact) mass is 393 g/mol. The summed E-state index contributed by atoms with van der Waals surface area (Å²) in [5.74, 6) is 1.29. The Morgan fingerprint density at radius 2 is 2.00 bits per heavy atom. The Balaban J connectivity index is 1.89. The highest BCUT2D eigenvalue weighted by atomic mass is 16.5. The van der Waals surface area contributed by atoms with Crippen LogP contribution >= 0.6 is 0 Å². The first-order valence-corrected chi connectivity index (χ1v) is 10.7. The number of hydrogen-bond acceptors (Lipinski definition) is 4. The fourth-order valence-corrected chi connectivity index (χ4v) is 4.15. The van der Waals surface area contributed by atoms with E-state index >= 15 is 0 Å². The Hall–Kier alpha value is -2.40. The number of aryl methyl sites for hydroxylation is 2. The fraction of sp³-hybridized carbons (Fsp3) is 0.500. The summed E-state index contributed by atoms with van der Waals surface area (Å²) in [6, 6.07) is 6.75. The van der Waals surface area contributed by atoms with Crippen LogP contribution in [-0.4, -0.2) is 34.9 Å². The average Bonchev–Trinajstić information content (AvgIpc) is 3.52. The maximum atomic E-state index is 5.62. The van der Waals surface area contributed by atoms with Gasteiger partial charge in [-0.1, -0.05) is 6.92 Å². The van der Waals surface area contributed by atoms with Gasteiger partial charge in [0.05, 0.1) is 41.7 Å². The molecule has 0 saturated heterocycles. The van der Waals surface area contributed by atoms with Gasteiger partial charge in [0, 0.05) is 24.9 Å². The molecule has 1 fully saturated rings. The van der Waals surface area contributed by atoms with Crippen molar-refractivity contribution in [3.63, 3.8) is 0 Å². The molecule has 0 bridgehead atoms. The summed E-state index contributed by atoms with van der Waals surface area (Å²) in [5, 5.41) is 0. The van der Waals surface area contributed by atoms with Crippen molar-refractivity contribution in [2.75, 3.05) is 20.3 Å². The molecule has 3 aromatic rings. The lowest BCUT2D eigenvalue weighted by atomic mass is 9.99. The van der Waals surface area contributed by atoms with Crippen molar-refractivity contribution < 1.29 is 9.47 Å². The second kappa shape index (κ2) is 8.15. The number of nitrogens with zero attached hydrogens (tertiary/aromatic N) is 3. The Bertz CT molecular complexity index is 1020. The van der Waals surface area contributed by atoms with Crippen molar-refractivity contribution in [3.05, 3.63) is 41.2 Å². The van der Waals surface area contributed by atoms with E-state index < -0.39 is 0 Å². The van der Waals surface area contributed by atoms with Gasteiger partial charge in [-0.15, -0.1) is 0 Å². The van der Waals surface area contributed by atoms with E-state index in [1.165, 1.54) is 29.5 Å². The summed E-state index contributed by atoms with van der Waals surface area (Å²) >= 11 is 0. The van der Waals surface area contributed by atoms with Crippen molar-refractivity contribution in [2.45, 2.75) is 58.9 Å². The highest BCUT2D eigenvalue weighted by Gasteiger charge is 2.29. The predicted octanol–water partition coefficient (Wildman–Crippen LogP) is 5.45. The molecule has 5 nitrogen and oxygen atoms in total. The molecule has 0 aromatic carbocycles. The molecular formula is C24H31N3O2. The van der Waals surface area contributed by atoms with E-state index in [4.69, 9.17) is 19.4 Å². The molecule has 5 heteroatoms. The highest BCUT2D eigenvalue weighted by Crippen LogP contribution is 2.46. The molecule has 3 heterocycles. The zero-order valence-corrected chi connectivity index (χ0v) is 18.2. The van der Waals surface area contributed by atoms with Gasteiger partial charge in [0.15, 0.2) is 0 Å². The largest absolute Gasteiger partial charge is 0.478 e. The van der Waals surface area contributed by atoms with E-state index in [0.717, 1.165) is 28.9 Å². The zero-order chi connectivity index (χ0) is 20.5. The molecule has 1 aliphatic rings. The quantitative estimate of drug-likeness (QED) is 0.510. The minimum absolute atomic E-state index is 0.272. The number of ether oxygens (including phenoxy) is 2. The van der Waals surface area contributed by atoms with Gasteiger partial charge in [-0.25, -0.2) is 9.97 Å². The van der Waals surface area contributed by atoms with Crippen LogP contribution in [0.25, 0.3) is 22.3 Å². The Labute approximate surface area is 173 Å². The van der Waals surface area contributed by atoms with Crippen LogP contribution in [0.4, 0.5) is 0 Å². The Morgan fingerprint density at radius 1 is 1.21 bits per heavy atom.